The van der Waals surface area contributed by atoms with Crippen molar-refractivity contribution in [3.05, 3.63) is 0 Å². The molecule has 0 unspecified atom stereocenters. The van der Waals surface area contributed by atoms with Crippen LogP contribution < -0.4 is 0 Å². The van der Waals surface area contributed by atoms with E-state index in [2.05, 4.69) is 10.1 Å². The Labute approximate surface area is 114 Å². The fourth-order valence-electron chi connectivity index (χ4n) is 1.16. The van der Waals surface area contributed by atoms with Crippen molar-refractivity contribution >= 4 is 60.5 Å². The molecule has 0 aromatic heterocycles. The first-order chi connectivity index (χ1) is 8.24. The molecule has 1 spiro atoms. The Kier molecular flexibility index (Phi) is 3.52. The molecule has 2 saturated heterocycles. The van der Waals surface area contributed by atoms with Gasteiger partial charge in [0.1, 0.15) is 0 Å². The molecule has 2 aliphatic rings. The second-order valence-corrected chi connectivity index (χ2v) is 18.9. The van der Waals surface area contributed by atoms with Gasteiger partial charge in [-0.05, 0) is 0 Å². The number of rotatable bonds is 0. The Morgan fingerprint density at radius 1 is 0.526 bits per heavy atom. The molecule has 2 heterocycles. The van der Waals surface area contributed by atoms with Gasteiger partial charge in [-0.1, -0.05) is 0 Å². The summed E-state index contributed by atoms with van der Waals surface area (Å²) in [6, 6.07) is 0. The first kappa shape index (κ1) is 15.8. The molecule has 112 valence electrons. The van der Waals surface area contributed by atoms with Gasteiger partial charge in [0.2, 0.25) is 0 Å². The minimum atomic E-state index is -6.34. The molecule has 2 rings (SSSR count). The summed E-state index contributed by atoms with van der Waals surface area (Å²) in [5.74, 6) is 0. The Morgan fingerprint density at radius 3 is 0.947 bits per heavy atom. The standard InChI is InChI=1S/2CH4O6S2.Sn/c2*2-8(3,4)1-9(5,6)7;/h2*1H2,(H,2,3,4)(H,5,6,7);/q;;+4/p-4. The van der Waals surface area contributed by atoms with Gasteiger partial charge in [0.15, 0.2) is 0 Å². The van der Waals surface area contributed by atoms with Crippen molar-refractivity contribution in [2.75, 3.05) is 10.2 Å². The van der Waals surface area contributed by atoms with Crippen molar-refractivity contribution in [2.45, 2.75) is 0 Å². The molecule has 2 aliphatic heterocycles. The van der Waals surface area contributed by atoms with E-state index in [1.54, 1.807) is 0 Å². The van der Waals surface area contributed by atoms with Gasteiger partial charge in [0, 0.05) is 0 Å². The van der Waals surface area contributed by atoms with E-state index in [4.69, 9.17) is 0 Å². The molecule has 0 aromatic carbocycles. The third kappa shape index (κ3) is 3.75. The van der Waals surface area contributed by atoms with Crippen LogP contribution in [0.4, 0.5) is 0 Å². The normalized spacial score (nSPS) is 33.7. The monoisotopic (exact) mass is 468 g/mol. The van der Waals surface area contributed by atoms with Gasteiger partial charge in [-0.25, -0.2) is 0 Å². The van der Waals surface area contributed by atoms with Gasteiger partial charge in [0.05, 0.1) is 0 Å². The topological polar surface area (TPSA) is 173 Å². The van der Waals surface area contributed by atoms with E-state index in [1.807, 2.05) is 0 Å². The fourth-order valence-corrected chi connectivity index (χ4v) is 26.5. The summed E-state index contributed by atoms with van der Waals surface area (Å²) in [4.78, 5) is 0. The van der Waals surface area contributed by atoms with Gasteiger partial charge in [-0.3, -0.25) is 0 Å². The van der Waals surface area contributed by atoms with Crippen LogP contribution in [0.1, 0.15) is 0 Å². The van der Waals surface area contributed by atoms with Gasteiger partial charge < -0.3 is 0 Å². The summed E-state index contributed by atoms with van der Waals surface area (Å²) in [6.45, 7) is 0. The zero-order valence-electron chi connectivity index (χ0n) is 8.45. The van der Waals surface area contributed by atoms with E-state index in [-0.39, 0.29) is 0 Å². The van der Waals surface area contributed by atoms with Crippen molar-refractivity contribution < 1.29 is 43.8 Å². The number of hydrogen-bond donors (Lipinski definition) is 0. The zero-order chi connectivity index (χ0) is 14.7. The molecule has 0 aromatic rings. The SMILES string of the molecule is O=S1(=O)CS(=O)(=O)[O][Sn]2([O]1)[O]S(=O)(=O)CS(=O)(=O)[O]2. The van der Waals surface area contributed by atoms with Crippen molar-refractivity contribution in [1.29, 1.82) is 0 Å². The molecule has 0 N–H and O–H groups in total. The second-order valence-electron chi connectivity index (χ2n) is 3.30. The van der Waals surface area contributed by atoms with E-state index in [0.717, 1.165) is 0 Å². The third-order valence-corrected chi connectivity index (χ3v) is 23.6. The third-order valence-electron chi connectivity index (χ3n) is 1.49. The Balaban J connectivity index is 2.59. The van der Waals surface area contributed by atoms with Gasteiger partial charge in [-0.2, -0.15) is 0 Å². The molecular formula is C2H4O12S4Sn. The van der Waals surface area contributed by atoms with Crippen LogP contribution >= 0.6 is 0 Å². The van der Waals surface area contributed by atoms with Crippen LogP contribution in [0.2, 0.25) is 0 Å². The van der Waals surface area contributed by atoms with Crippen molar-refractivity contribution in [1.82, 2.24) is 0 Å². The van der Waals surface area contributed by atoms with Crippen molar-refractivity contribution in [2.24, 2.45) is 0 Å². The van der Waals surface area contributed by atoms with Crippen molar-refractivity contribution in [3.63, 3.8) is 0 Å². The first-order valence-electron chi connectivity index (χ1n) is 3.97. The quantitative estimate of drug-likeness (QED) is 0.326. The molecule has 12 nitrogen and oxygen atoms in total. The predicted octanol–water partition coefficient (Wildman–Crippen LogP) is -3.25. The molecule has 17 heteroatoms. The van der Waals surface area contributed by atoms with E-state index in [9.17, 15) is 33.7 Å². The predicted molar refractivity (Wildman–Crippen MR) is 55.5 cm³/mol. The maximum atomic E-state index is 11.2. The van der Waals surface area contributed by atoms with Crippen LogP contribution in [-0.4, -0.2) is 63.9 Å². The van der Waals surface area contributed by atoms with Crippen LogP contribution in [0.25, 0.3) is 0 Å². The van der Waals surface area contributed by atoms with Crippen LogP contribution in [0.3, 0.4) is 0 Å². The molecule has 0 bridgehead atoms. The summed E-state index contributed by atoms with van der Waals surface area (Å²) in [5, 5.41) is -3.21. The molecule has 0 atom stereocenters. The maximum absolute atomic E-state index is 11.2. The summed E-state index contributed by atoms with van der Waals surface area (Å²) >= 11 is -6.34. The molecule has 0 amide bonds. The molecular weight excluding hydrogens is 463 g/mol. The Morgan fingerprint density at radius 2 is 0.737 bits per heavy atom. The number of hydrogen-bond acceptors (Lipinski definition) is 12. The first-order valence-corrected chi connectivity index (χ1v) is 14.9. The second kappa shape index (κ2) is 4.22. The van der Waals surface area contributed by atoms with E-state index < -0.39 is 70.7 Å². The summed E-state index contributed by atoms with van der Waals surface area (Å²) in [5.41, 5.74) is 0. The molecule has 0 saturated carbocycles. The van der Waals surface area contributed by atoms with E-state index >= 15 is 0 Å². The molecule has 19 heavy (non-hydrogen) atoms. The van der Waals surface area contributed by atoms with Gasteiger partial charge in [-0.15, -0.1) is 0 Å². The summed E-state index contributed by atoms with van der Waals surface area (Å²) < 4.78 is 106. The van der Waals surface area contributed by atoms with Crippen LogP contribution in [-0.2, 0) is 50.6 Å². The van der Waals surface area contributed by atoms with Gasteiger partial charge in [0.25, 0.3) is 0 Å². The zero-order valence-corrected chi connectivity index (χ0v) is 14.6. The van der Waals surface area contributed by atoms with Crippen LogP contribution in [0.15, 0.2) is 0 Å². The van der Waals surface area contributed by atoms with Crippen molar-refractivity contribution in [3.8, 4) is 0 Å². The summed E-state index contributed by atoms with van der Waals surface area (Å²) in [6.07, 6.45) is 0. The molecule has 0 radical (unpaired) electrons. The van der Waals surface area contributed by atoms with Crippen LogP contribution in [0, 0.1) is 0 Å². The Hall–Kier alpha value is 0.439. The fraction of sp³-hybridized carbons (Fsp3) is 1.00. The van der Waals surface area contributed by atoms with E-state index in [1.165, 1.54) is 0 Å². The molecule has 0 aliphatic carbocycles. The molecule has 2 fully saturated rings. The average Bonchev–Trinajstić information content (AvgIpc) is 1.84. The Bertz CT molecular complexity index is 667. The average molecular weight is 467 g/mol. The minimum absolute atomic E-state index is 1.61. The van der Waals surface area contributed by atoms with Gasteiger partial charge >= 0.3 is 114 Å². The van der Waals surface area contributed by atoms with E-state index in [0.29, 0.717) is 0 Å². The van der Waals surface area contributed by atoms with Crippen LogP contribution in [0.5, 0.6) is 0 Å². The summed E-state index contributed by atoms with van der Waals surface area (Å²) in [7, 11) is -19.2.